The molecule has 0 unspecified atom stereocenters. The molecule has 4 heteroatoms. The third-order valence-electron chi connectivity index (χ3n) is 2.88. The number of benzene rings is 1. The van der Waals surface area contributed by atoms with E-state index in [2.05, 4.69) is 15.3 Å². The van der Waals surface area contributed by atoms with Crippen molar-refractivity contribution >= 4 is 0 Å². The van der Waals surface area contributed by atoms with Crippen molar-refractivity contribution < 1.29 is 4.74 Å². The molecule has 1 aromatic heterocycles. The standard InChI is InChI=1S/C15H19N3O/c1-11-10-14(18-15(17-11)8-9-16-2)12-4-6-13(19-3)7-5-12/h4-7,10,16H,8-9H2,1-3H3. The number of methoxy groups -OCH3 is 1. The number of ether oxygens (including phenoxy) is 1. The molecule has 1 N–H and O–H groups in total. The van der Waals surface area contributed by atoms with Gasteiger partial charge in [0.25, 0.3) is 0 Å². The lowest BCUT2D eigenvalue weighted by Crippen LogP contribution is -2.12. The topological polar surface area (TPSA) is 47.0 Å². The molecule has 0 fully saturated rings. The smallest absolute Gasteiger partial charge is 0.130 e. The van der Waals surface area contributed by atoms with Crippen molar-refractivity contribution in [1.82, 2.24) is 15.3 Å². The second-order valence-corrected chi connectivity index (χ2v) is 4.39. The molecule has 100 valence electrons. The molecule has 0 radical (unpaired) electrons. The van der Waals surface area contributed by atoms with Gasteiger partial charge >= 0.3 is 0 Å². The van der Waals surface area contributed by atoms with Gasteiger partial charge in [0.1, 0.15) is 11.6 Å². The fourth-order valence-corrected chi connectivity index (χ4v) is 1.89. The second-order valence-electron chi connectivity index (χ2n) is 4.39. The lowest BCUT2D eigenvalue weighted by atomic mass is 10.1. The van der Waals surface area contributed by atoms with Gasteiger partial charge in [0, 0.05) is 24.2 Å². The Kier molecular flexibility index (Phi) is 4.47. The summed E-state index contributed by atoms with van der Waals surface area (Å²) in [5, 5.41) is 3.11. The van der Waals surface area contributed by atoms with Gasteiger partial charge in [-0.1, -0.05) is 0 Å². The number of likely N-dealkylation sites (N-methyl/N-ethyl adjacent to an activating group) is 1. The largest absolute Gasteiger partial charge is 0.497 e. The van der Waals surface area contributed by atoms with Gasteiger partial charge in [-0.2, -0.15) is 0 Å². The van der Waals surface area contributed by atoms with Crippen molar-refractivity contribution in [2.24, 2.45) is 0 Å². The van der Waals surface area contributed by atoms with E-state index in [9.17, 15) is 0 Å². The zero-order chi connectivity index (χ0) is 13.7. The fraction of sp³-hybridized carbons (Fsp3) is 0.333. The van der Waals surface area contributed by atoms with Gasteiger partial charge in [-0.25, -0.2) is 9.97 Å². The Hall–Kier alpha value is -1.94. The van der Waals surface area contributed by atoms with Crippen LogP contribution in [0.3, 0.4) is 0 Å². The Labute approximate surface area is 113 Å². The first-order chi connectivity index (χ1) is 9.22. The molecule has 19 heavy (non-hydrogen) atoms. The molecule has 0 aliphatic heterocycles. The minimum absolute atomic E-state index is 0.835. The van der Waals surface area contributed by atoms with Crippen LogP contribution in [-0.2, 0) is 6.42 Å². The first kappa shape index (κ1) is 13.5. The van der Waals surface area contributed by atoms with Crippen LogP contribution in [0.25, 0.3) is 11.3 Å². The average Bonchev–Trinajstić information content (AvgIpc) is 2.44. The SMILES string of the molecule is CNCCc1nc(C)cc(-c2ccc(OC)cc2)n1. The Morgan fingerprint density at radius 1 is 1.16 bits per heavy atom. The minimum atomic E-state index is 0.835. The summed E-state index contributed by atoms with van der Waals surface area (Å²) in [6.45, 7) is 2.88. The lowest BCUT2D eigenvalue weighted by Gasteiger charge is -2.07. The van der Waals surface area contributed by atoms with Crippen LogP contribution in [0.5, 0.6) is 5.75 Å². The van der Waals surface area contributed by atoms with E-state index in [-0.39, 0.29) is 0 Å². The van der Waals surface area contributed by atoms with Crippen LogP contribution in [0.2, 0.25) is 0 Å². The summed E-state index contributed by atoms with van der Waals surface area (Å²) in [6.07, 6.45) is 0.835. The highest BCUT2D eigenvalue weighted by molar-refractivity contribution is 5.60. The Morgan fingerprint density at radius 2 is 1.89 bits per heavy atom. The van der Waals surface area contributed by atoms with Gasteiger partial charge in [-0.15, -0.1) is 0 Å². The molecule has 2 aromatic rings. The summed E-state index contributed by atoms with van der Waals surface area (Å²) in [7, 11) is 3.60. The Morgan fingerprint density at radius 3 is 2.53 bits per heavy atom. The third kappa shape index (κ3) is 3.51. The molecule has 2 rings (SSSR count). The Bertz CT molecular complexity index is 538. The monoisotopic (exact) mass is 257 g/mol. The van der Waals surface area contributed by atoms with E-state index in [1.54, 1.807) is 7.11 Å². The second kappa shape index (κ2) is 6.29. The minimum Gasteiger partial charge on any atom is -0.497 e. The molecular weight excluding hydrogens is 238 g/mol. The van der Waals surface area contributed by atoms with Gasteiger partial charge in [0.05, 0.1) is 12.8 Å². The summed E-state index contributed by atoms with van der Waals surface area (Å²) < 4.78 is 5.16. The van der Waals surface area contributed by atoms with Crippen LogP contribution in [0.15, 0.2) is 30.3 Å². The predicted molar refractivity (Wildman–Crippen MR) is 76.4 cm³/mol. The molecule has 0 spiro atoms. The molecule has 0 atom stereocenters. The van der Waals surface area contributed by atoms with E-state index in [0.29, 0.717) is 0 Å². The van der Waals surface area contributed by atoms with E-state index >= 15 is 0 Å². The van der Waals surface area contributed by atoms with Crippen LogP contribution >= 0.6 is 0 Å². The van der Waals surface area contributed by atoms with Gasteiger partial charge in [0.2, 0.25) is 0 Å². The maximum Gasteiger partial charge on any atom is 0.130 e. The highest BCUT2D eigenvalue weighted by atomic mass is 16.5. The van der Waals surface area contributed by atoms with Crippen LogP contribution in [0.1, 0.15) is 11.5 Å². The summed E-state index contributed by atoms with van der Waals surface area (Å²) in [5.41, 5.74) is 3.03. The molecule has 0 bridgehead atoms. The Balaban J connectivity index is 2.29. The molecule has 1 heterocycles. The van der Waals surface area contributed by atoms with E-state index < -0.39 is 0 Å². The quantitative estimate of drug-likeness (QED) is 0.892. The summed E-state index contributed by atoms with van der Waals surface area (Å²) in [4.78, 5) is 9.06. The first-order valence-electron chi connectivity index (χ1n) is 6.36. The van der Waals surface area contributed by atoms with Gasteiger partial charge in [0.15, 0.2) is 0 Å². The fourth-order valence-electron chi connectivity index (χ4n) is 1.89. The van der Waals surface area contributed by atoms with Crippen molar-refractivity contribution in [2.45, 2.75) is 13.3 Å². The van der Waals surface area contributed by atoms with Crippen LogP contribution in [0.4, 0.5) is 0 Å². The van der Waals surface area contributed by atoms with Crippen molar-refractivity contribution in [3.05, 3.63) is 41.9 Å². The average molecular weight is 257 g/mol. The molecule has 1 aromatic carbocycles. The lowest BCUT2D eigenvalue weighted by molar-refractivity contribution is 0.415. The normalized spacial score (nSPS) is 10.5. The number of hydrogen-bond donors (Lipinski definition) is 1. The number of aryl methyl sites for hydroxylation is 1. The summed E-state index contributed by atoms with van der Waals surface area (Å²) in [6, 6.07) is 9.93. The summed E-state index contributed by atoms with van der Waals surface area (Å²) >= 11 is 0. The van der Waals surface area contributed by atoms with Crippen molar-refractivity contribution in [3.63, 3.8) is 0 Å². The molecule has 0 saturated carbocycles. The van der Waals surface area contributed by atoms with E-state index in [0.717, 1.165) is 41.5 Å². The van der Waals surface area contributed by atoms with Gasteiger partial charge < -0.3 is 10.1 Å². The van der Waals surface area contributed by atoms with Gasteiger partial charge in [-0.3, -0.25) is 0 Å². The molecule has 0 saturated heterocycles. The number of aromatic nitrogens is 2. The van der Waals surface area contributed by atoms with E-state index in [1.165, 1.54) is 0 Å². The highest BCUT2D eigenvalue weighted by Crippen LogP contribution is 2.21. The number of rotatable bonds is 5. The highest BCUT2D eigenvalue weighted by Gasteiger charge is 2.05. The van der Waals surface area contributed by atoms with Crippen molar-refractivity contribution in [2.75, 3.05) is 20.7 Å². The molecule has 0 aliphatic carbocycles. The zero-order valence-corrected chi connectivity index (χ0v) is 11.6. The van der Waals surface area contributed by atoms with Crippen molar-refractivity contribution in [1.29, 1.82) is 0 Å². The number of nitrogens with zero attached hydrogens (tertiary/aromatic N) is 2. The van der Waals surface area contributed by atoms with Crippen LogP contribution < -0.4 is 10.1 Å². The number of hydrogen-bond acceptors (Lipinski definition) is 4. The maximum absolute atomic E-state index is 5.16. The maximum atomic E-state index is 5.16. The predicted octanol–water partition coefficient (Wildman–Crippen LogP) is 2.22. The van der Waals surface area contributed by atoms with Gasteiger partial charge in [-0.05, 0) is 44.3 Å². The molecule has 0 amide bonds. The molecular formula is C15H19N3O. The van der Waals surface area contributed by atoms with E-state index in [4.69, 9.17) is 4.74 Å². The zero-order valence-electron chi connectivity index (χ0n) is 11.6. The summed E-state index contributed by atoms with van der Waals surface area (Å²) in [5.74, 6) is 1.73. The first-order valence-corrected chi connectivity index (χ1v) is 6.36. The molecule has 0 aliphatic rings. The third-order valence-corrected chi connectivity index (χ3v) is 2.88. The number of nitrogens with one attached hydrogen (secondary N) is 1. The van der Waals surface area contributed by atoms with Crippen molar-refractivity contribution in [3.8, 4) is 17.0 Å². The molecule has 4 nitrogen and oxygen atoms in total. The van der Waals surface area contributed by atoms with Crippen LogP contribution in [0, 0.1) is 6.92 Å². The van der Waals surface area contributed by atoms with Crippen LogP contribution in [-0.4, -0.2) is 30.7 Å². The van der Waals surface area contributed by atoms with E-state index in [1.807, 2.05) is 44.3 Å².